The maximum absolute atomic E-state index is 13.8. The lowest BCUT2D eigenvalue weighted by Gasteiger charge is -2.17. The van der Waals surface area contributed by atoms with Crippen molar-refractivity contribution in [3.63, 3.8) is 0 Å². The highest BCUT2D eigenvalue weighted by molar-refractivity contribution is 7.90. The summed E-state index contributed by atoms with van der Waals surface area (Å²) in [7, 11) is -0.575. The van der Waals surface area contributed by atoms with E-state index < -0.39 is 10.0 Å². The van der Waals surface area contributed by atoms with E-state index in [0.29, 0.717) is 22.7 Å². The van der Waals surface area contributed by atoms with Crippen molar-refractivity contribution < 1.29 is 17.9 Å². The van der Waals surface area contributed by atoms with Gasteiger partial charge in [0.25, 0.3) is 10.0 Å². The van der Waals surface area contributed by atoms with Crippen LogP contribution in [-0.2, 0) is 10.0 Å². The molecule has 182 valence electrons. The molecule has 6 heteroatoms. The number of fused-ring (bicyclic) bond motifs is 1. The number of rotatable bonds is 7. The third-order valence-corrected chi connectivity index (χ3v) is 8.28. The normalized spacial score (nSPS) is 12.4. The van der Waals surface area contributed by atoms with E-state index in [0.717, 1.165) is 22.1 Å². The molecular weight excluding hydrogens is 470 g/mol. The van der Waals surface area contributed by atoms with Crippen LogP contribution in [0.2, 0.25) is 0 Å². The second-order valence-electron chi connectivity index (χ2n) is 8.63. The van der Waals surface area contributed by atoms with Crippen molar-refractivity contribution in [1.29, 1.82) is 0 Å². The lowest BCUT2D eigenvalue weighted by atomic mass is 9.91. The van der Waals surface area contributed by atoms with E-state index >= 15 is 0 Å². The minimum atomic E-state index is -3.82. The van der Waals surface area contributed by atoms with Gasteiger partial charge in [0.2, 0.25) is 0 Å². The zero-order valence-electron chi connectivity index (χ0n) is 20.4. The molecule has 0 bridgehead atoms. The first-order valence-electron chi connectivity index (χ1n) is 11.7. The van der Waals surface area contributed by atoms with E-state index in [1.54, 1.807) is 38.5 Å². The van der Waals surface area contributed by atoms with Crippen LogP contribution in [0.25, 0.3) is 22.2 Å². The molecule has 0 aliphatic rings. The van der Waals surface area contributed by atoms with Crippen LogP contribution in [0.4, 0.5) is 0 Å². The fourth-order valence-corrected chi connectivity index (χ4v) is 6.12. The SMILES string of the molecule is COc1ccc(C(C)c2cccc(-c3cc4ccccc4n3S(=O)(=O)c3ccccc3)c2)cc1OC. The smallest absolute Gasteiger partial charge is 0.268 e. The second-order valence-corrected chi connectivity index (χ2v) is 10.4. The molecule has 0 spiro atoms. The third kappa shape index (κ3) is 4.14. The van der Waals surface area contributed by atoms with Gasteiger partial charge in [-0.1, -0.05) is 67.6 Å². The van der Waals surface area contributed by atoms with Crippen LogP contribution in [0.15, 0.2) is 108 Å². The standard InChI is InChI=1S/C30H27NO4S/c1-21(23-16-17-29(34-2)30(20-23)35-3)22-11-9-12-24(18-22)28-19-25-10-7-8-15-27(25)31(28)36(32,33)26-13-5-4-6-14-26/h4-21H,1-3H3. The average molecular weight is 498 g/mol. The van der Waals surface area contributed by atoms with Crippen LogP contribution < -0.4 is 9.47 Å². The minimum Gasteiger partial charge on any atom is -0.493 e. The van der Waals surface area contributed by atoms with Gasteiger partial charge in [-0.15, -0.1) is 0 Å². The van der Waals surface area contributed by atoms with Crippen LogP contribution in [0.3, 0.4) is 0 Å². The Bertz CT molecular complexity index is 1640. The van der Waals surface area contributed by atoms with Gasteiger partial charge in [-0.05, 0) is 59.2 Å². The summed E-state index contributed by atoms with van der Waals surface area (Å²) >= 11 is 0. The number of hydrogen-bond donors (Lipinski definition) is 0. The predicted molar refractivity (Wildman–Crippen MR) is 143 cm³/mol. The topological polar surface area (TPSA) is 57.5 Å². The number of para-hydroxylation sites is 1. The maximum atomic E-state index is 13.8. The van der Waals surface area contributed by atoms with Crippen LogP contribution >= 0.6 is 0 Å². The van der Waals surface area contributed by atoms with Gasteiger partial charge in [0.05, 0.1) is 30.3 Å². The summed E-state index contributed by atoms with van der Waals surface area (Å²) < 4.78 is 39.9. The Morgan fingerprint density at radius 2 is 1.39 bits per heavy atom. The lowest BCUT2D eigenvalue weighted by molar-refractivity contribution is 0.354. The molecule has 0 amide bonds. The largest absolute Gasteiger partial charge is 0.493 e. The molecule has 0 saturated heterocycles. The molecule has 5 aromatic rings. The molecule has 4 aromatic carbocycles. The van der Waals surface area contributed by atoms with Gasteiger partial charge in [0.1, 0.15) is 0 Å². The van der Waals surface area contributed by atoms with E-state index in [2.05, 4.69) is 19.1 Å². The number of nitrogens with zero attached hydrogens (tertiary/aromatic N) is 1. The number of ether oxygens (including phenoxy) is 2. The monoisotopic (exact) mass is 497 g/mol. The fourth-order valence-electron chi connectivity index (χ4n) is 4.57. The van der Waals surface area contributed by atoms with E-state index in [9.17, 15) is 8.42 Å². The van der Waals surface area contributed by atoms with Crippen molar-refractivity contribution >= 4 is 20.9 Å². The Morgan fingerprint density at radius 3 is 2.14 bits per heavy atom. The Hall–Kier alpha value is -4.03. The quantitative estimate of drug-likeness (QED) is 0.251. The molecule has 0 fully saturated rings. The zero-order chi connectivity index (χ0) is 25.3. The molecule has 1 atom stereocenters. The van der Waals surface area contributed by atoms with Gasteiger partial charge in [-0.3, -0.25) is 0 Å². The molecule has 0 radical (unpaired) electrons. The van der Waals surface area contributed by atoms with Gasteiger partial charge < -0.3 is 9.47 Å². The minimum absolute atomic E-state index is 0.0494. The third-order valence-electron chi connectivity index (χ3n) is 6.54. The highest BCUT2D eigenvalue weighted by atomic mass is 32.2. The molecule has 1 heterocycles. The van der Waals surface area contributed by atoms with E-state index in [1.165, 1.54) is 3.97 Å². The molecule has 5 nitrogen and oxygen atoms in total. The Kier molecular flexibility index (Phi) is 6.29. The summed E-state index contributed by atoms with van der Waals surface area (Å²) in [5, 5.41) is 0.866. The van der Waals surface area contributed by atoms with Gasteiger partial charge in [0, 0.05) is 11.3 Å². The number of benzene rings is 4. The second kappa shape index (κ2) is 9.55. The Morgan fingerprint density at radius 1 is 0.694 bits per heavy atom. The van der Waals surface area contributed by atoms with Crippen molar-refractivity contribution in [3.8, 4) is 22.8 Å². The fraction of sp³-hybridized carbons (Fsp3) is 0.133. The summed E-state index contributed by atoms with van der Waals surface area (Å²) in [6.45, 7) is 2.12. The number of hydrogen-bond acceptors (Lipinski definition) is 4. The number of aromatic nitrogens is 1. The maximum Gasteiger partial charge on any atom is 0.268 e. The summed E-state index contributed by atoms with van der Waals surface area (Å²) in [5.41, 5.74) is 4.24. The molecule has 0 aliphatic carbocycles. The van der Waals surface area contributed by atoms with Gasteiger partial charge in [0.15, 0.2) is 11.5 Å². The van der Waals surface area contributed by atoms with Crippen molar-refractivity contribution in [3.05, 3.63) is 114 Å². The van der Waals surface area contributed by atoms with Crippen LogP contribution in [-0.4, -0.2) is 26.6 Å². The van der Waals surface area contributed by atoms with Crippen molar-refractivity contribution in [2.24, 2.45) is 0 Å². The first-order valence-corrected chi connectivity index (χ1v) is 13.1. The highest BCUT2D eigenvalue weighted by Crippen LogP contribution is 2.36. The Labute approximate surface area is 211 Å². The summed E-state index contributed by atoms with van der Waals surface area (Å²) in [5.74, 6) is 1.40. The zero-order valence-corrected chi connectivity index (χ0v) is 21.2. The van der Waals surface area contributed by atoms with Gasteiger partial charge in [-0.2, -0.15) is 0 Å². The van der Waals surface area contributed by atoms with Gasteiger partial charge in [-0.25, -0.2) is 12.4 Å². The highest BCUT2D eigenvalue weighted by Gasteiger charge is 2.24. The lowest BCUT2D eigenvalue weighted by Crippen LogP contribution is -2.14. The van der Waals surface area contributed by atoms with Crippen molar-refractivity contribution in [1.82, 2.24) is 3.97 Å². The predicted octanol–water partition coefficient (Wildman–Crippen LogP) is 6.71. The molecule has 1 aromatic heterocycles. The van der Waals surface area contributed by atoms with Crippen LogP contribution in [0, 0.1) is 0 Å². The average Bonchev–Trinajstić information content (AvgIpc) is 3.33. The first-order chi connectivity index (χ1) is 17.4. The Balaban J connectivity index is 1.64. The van der Waals surface area contributed by atoms with Crippen molar-refractivity contribution in [2.45, 2.75) is 17.7 Å². The molecule has 1 unspecified atom stereocenters. The van der Waals surface area contributed by atoms with E-state index in [-0.39, 0.29) is 10.8 Å². The van der Waals surface area contributed by atoms with Crippen molar-refractivity contribution in [2.75, 3.05) is 14.2 Å². The molecular formula is C30H27NO4S. The first kappa shape index (κ1) is 23.7. The molecule has 0 N–H and O–H groups in total. The molecule has 5 rings (SSSR count). The summed E-state index contributed by atoms with van der Waals surface area (Å²) in [4.78, 5) is 0.252. The summed E-state index contributed by atoms with van der Waals surface area (Å²) in [6.07, 6.45) is 0. The summed E-state index contributed by atoms with van der Waals surface area (Å²) in [6, 6.07) is 32.0. The van der Waals surface area contributed by atoms with E-state index in [1.807, 2.05) is 66.7 Å². The van der Waals surface area contributed by atoms with Crippen LogP contribution in [0.5, 0.6) is 11.5 Å². The van der Waals surface area contributed by atoms with Gasteiger partial charge >= 0.3 is 0 Å². The molecule has 0 saturated carbocycles. The number of methoxy groups -OCH3 is 2. The molecule has 0 aliphatic heterocycles. The van der Waals surface area contributed by atoms with E-state index in [4.69, 9.17) is 9.47 Å². The van der Waals surface area contributed by atoms with Crippen LogP contribution in [0.1, 0.15) is 24.0 Å². The molecule has 36 heavy (non-hydrogen) atoms.